The van der Waals surface area contributed by atoms with Gasteiger partial charge in [-0.1, -0.05) is 24.8 Å². The van der Waals surface area contributed by atoms with Crippen molar-refractivity contribution < 1.29 is 5.11 Å². The highest BCUT2D eigenvalue weighted by atomic mass is 16.3. The van der Waals surface area contributed by atoms with E-state index < -0.39 is 5.60 Å². The maximum absolute atomic E-state index is 9.75. The van der Waals surface area contributed by atoms with Gasteiger partial charge < -0.3 is 5.11 Å². The zero-order chi connectivity index (χ0) is 11.5. The zero-order valence-corrected chi connectivity index (χ0v) is 9.89. The molecule has 1 rings (SSSR count). The second kappa shape index (κ2) is 4.51. The molecule has 1 N–H and O–H groups in total. The molecule has 0 spiro atoms. The van der Waals surface area contributed by atoms with Crippen molar-refractivity contribution in [1.82, 2.24) is 0 Å². The Balaban J connectivity index is 2.99. The van der Waals surface area contributed by atoms with Gasteiger partial charge in [0.05, 0.1) is 0 Å². The summed E-state index contributed by atoms with van der Waals surface area (Å²) in [5.74, 6) is 5.90. The lowest BCUT2D eigenvalue weighted by atomic mass is 10.0. The molecule has 15 heavy (non-hydrogen) atoms. The number of aliphatic hydroxyl groups is 1. The average Bonchev–Trinajstić information content (AvgIpc) is 2.14. The molecule has 0 aliphatic carbocycles. The number of benzene rings is 1. The molecule has 0 amide bonds. The quantitative estimate of drug-likeness (QED) is 0.694. The Morgan fingerprint density at radius 1 is 1.20 bits per heavy atom. The van der Waals surface area contributed by atoms with E-state index in [4.69, 9.17) is 0 Å². The van der Waals surface area contributed by atoms with Crippen LogP contribution in [-0.4, -0.2) is 10.7 Å². The van der Waals surface area contributed by atoms with Crippen LogP contribution >= 0.6 is 0 Å². The number of hydrogen-bond donors (Lipinski definition) is 1. The highest BCUT2D eigenvalue weighted by molar-refractivity contribution is 5.41. The summed E-state index contributed by atoms with van der Waals surface area (Å²) in [4.78, 5) is 0. The van der Waals surface area contributed by atoms with Gasteiger partial charge in [-0.15, -0.1) is 0 Å². The van der Waals surface area contributed by atoms with E-state index in [9.17, 15) is 5.11 Å². The van der Waals surface area contributed by atoms with Gasteiger partial charge in [-0.3, -0.25) is 0 Å². The Hall–Kier alpha value is -1.26. The van der Waals surface area contributed by atoms with Gasteiger partial charge in [-0.05, 0) is 50.5 Å². The summed E-state index contributed by atoms with van der Waals surface area (Å²) in [5.41, 5.74) is 2.50. The minimum atomic E-state index is -0.877. The molecule has 0 saturated heterocycles. The third-order valence-corrected chi connectivity index (χ3v) is 2.39. The van der Waals surface area contributed by atoms with E-state index in [1.54, 1.807) is 6.92 Å². The van der Waals surface area contributed by atoms with E-state index in [0.717, 1.165) is 5.56 Å². The largest absolute Gasteiger partial charge is 0.378 e. The number of aryl methyl sites for hydroxylation is 2. The fraction of sp³-hybridized carbons (Fsp3) is 0.429. The fourth-order valence-corrected chi connectivity index (χ4v) is 1.34. The van der Waals surface area contributed by atoms with Crippen LogP contribution in [-0.2, 0) is 0 Å². The Morgan fingerprint density at radius 2 is 1.73 bits per heavy atom. The van der Waals surface area contributed by atoms with Gasteiger partial charge in [0, 0.05) is 5.56 Å². The van der Waals surface area contributed by atoms with Gasteiger partial charge in [-0.2, -0.15) is 0 Å². The third kappa shape index (κ3) is 3.77. The summed E-state index contributed by atoms with van der Waals surface area (Å²) in [6, 6.07) is 6.18. The second-order valence-electron chi connectivity index (χ2n) is 4.25. The van der Waals surface area contributed by atoms with Gasteiger partial charge in [0.25, 0.3) is 0 Å². The molecular formula is C14H18O. The predicted octanol–water partition coefficient (Wildman–Crippen LogP) is 2.82. The maximum atomic E-state index is 9.75. The van der Waals surface area contributed by atoms with Crippen LogP contribution in [0.15, 0.2) is 18.2 Å². The minimum absolute atomic E-state index is 0.644. The van der Waals surface area contributed by atoms with E-state index in [1.165, 1.54) is 11.1 Å². The number of hydrogen-bond acceptors (Lipinski definition) is 1. The van der Waals surface area contributed by atoms with Crippen LogP contribution in [0.1, 0.15) is 37.0 Å². The van der Waals surface area contributed by atoms with E-state index in [0.29, 0.717) is 6.42 Å². The molecule has 0 aromatic heterocycles. The first kappa shape index (κ1) is 11.8. The van der Waals surface area contributed by atoms with Gasteiger partial charge in [0.2, 0.25) is 0 Å². The first-order chi connectivity index (χ1) is 6.93. The Morgan fingerprint density at radius 3 is 2.20 bits per heavy atom. The summed E-state index contributed by atoms with van der Waals surface area (Å²) in [6.45, 7) is 7.77. The van der Waals surface area contributed by atoms with E-state index >= 15 is 0 Å². The SMILES string of the molecule is CCC(C)(O)C#Cc1cc(C)cc(C)c1. The summed E-state index contributed by atoms with van der Waals surface area (Å²) in [5, 5.41) is 9.75. The average molecular weight is 202 g/mol. The van der Waals surface area contributed by atoms with Crippen LogP contribution in [0.4, 0.5) is 0 Å². The molecule has 0 radical (unpaired) electrons. The van der Waals surface area contributed by atoms with Crippen molar-refractivity contribution in [2.24, 2.45) is 0 Å². The minimum Gasteiger partial charge on any atom is -0.378 e. The van der Waals surface area contributed by atoms with Gasteiger partial charge >= 0.3 is 0 Å². The van der Waals surface area contributed by atoms with Crippen molar-refractivity contribution in [1.29, 1.82) is 0 Å². The van der Waals surface area contributed by atoms with Crippen molar-refractivity contribution >= 4 is 0 Å². The summed E-state index contributed by atoms with van der Waals surface area (Å²) < 4.78 is 0. The highest BCUT2D eigenvalue weighted by Crippen LogP contribution is 2.10. The molecule has 0 aliphatic rings. The molecule has 1 aromatic carbocycles. The zero-order valence-electron chi connectivity index (χ0n) is 9.89. The summed E-state index contributed by atoms with van der Waals surface area (Å²) in [6.07, 6.45) is 0.644. The summed E-state index contributed by atoms with van der Waals surface area (Å²) in [7, 11) is 0. The standard InChI is InChI=1S/C14H18O/c1-5-14(4,15)7-6-13-9-11(2)8-12(3)10-13/h8-10,15H,5H2,1-4H3. The van der Waals surface area contributed by atoms with Crippen molar-refractivity contribution in [2.45, 2.75) is 39.7 Å². The first-order valence-electron chi connectivity index (χ1n) is 5.27. The van der Waals surface area contributed by atoms with E-state index in [1.807, 2.05) is 19.1 Å². The topological polar surface area (TPSA) is 20.2 Å². The monoisotopic (exact) mass is 202 g/mol. The predicted molar refractivity (Wildman–Crippen MR) is 63.7 cm³/mol. The molecule has 0 fully saturated rings. The molecule has 1 nitrogen and oxygen atoms in total. The Kier molecular flexibility index (Phi) is 3.55. The van der Waals surface area contributed by atoms with Crippen molar-refractivity contribution in [3.05, 3.63) is 34.9 Å². The molecule has 80 valence electrons. The molecule has 1 heteroatoms. The Labute approximate surface area is 92.1 Å². The number of rotatable bonds is 1. The molecule has 0 bridgehead atoms. The lowest BCUT2D eigenvalue weighted by molar-refractivity contribution is 0.118. The van der Waals surface area contributed by atoms with Crippen LogP contribution in [0.25, 0.3) is 0 Å². The molecule has 1 aromatic rings. The maximum Gasteiger partial charge on any atom is 0.122 e. The van der Waals surface area contributed by atoms with Crippen LogP contribution in [0, 0.1) is 25.7 Å². The van der Waals surface area contributed by atoms with Crippen LogP contribution in [0.3, 0.4) is 0 Å². The summed E-state index contributed by atoms with van der Waals surface area (Å²) >= 11 is 0. The lowest BCUT2D eigenvalue weighted by Crippen LogP contribution is -2.19. The molecule has 0 aliphatic heterocycles. The first-order valence-corrected chi connectivity index (χ1v) is 5.27. The lowest BCUT2D eigenvalue weighted by Gasteiger charge is -2.11. The van der Waals surface area contributed by atoms with Gasteiger partial charge in [-0.25, -0.2) is 0 Å². The fourth-order valence-electron chi connectivity index (χ4n) is 1.34. The molecule has 0 heterocycles. The van der Waals surface area contributed by atoms with Crippen molar-refractivity contribution in [2.75, 3.05) is 0 Å². The Bertz CT molecular complexity index is 385. The van der Waals surface area contributed by atoms with Crippen molar-refractivity contribution in [3.8, 4) is 11.8 Å². The molecular weight excluding hydrogens is 184 g/mol. The van der Waals surface area contributed by atoms with E-state index in [-0.39, 0.29) is 0 Å². The van der Waals surface area contributed by atoms with Crippen LogP contribution in [0.5, 0.6) is 0 Å². The van der Waals surface area contributed by atoms with Crippen molar-refractivity contribution in [3.63, 3.8) is 0 Å². The molecule has 1 atom stereocenters. The molecule has 0 saturated carbocycles. The third-order valence-electron chi connectivity index (χ3n) is 2.39. The van der Waals surface area contributed by atoms with E-state index in [2.05, 4.69) is 31.8 Å². The normalized spacial score (nSPS) is 13.9. The second-order valence-corrected chi connectivity index (χ2v) is 4.25. The van der Waals surface area contributed by atoms with Gasteiger partial charge in [0.1, 0.15) is 5.60 Å². The van der Waals surface area contributed by atoms with Gasteiger partial charge in [0.15, 0.2) is 0 Å². The van der Waals surface area contributed by atoms with Crippen LogP contribution in [0.2, 0.25) is 0 Å². The smallest absolute Gasteiger partial charge is 0.122 e. The molecule has 1 unspecified atom stereocenters. The highest BCUT2D eigenvalue weighted by Gasteiger charge is 2.12. The van der Waals surface area contributed by atoms with Crippen LogP contribution < -0.4 is 0 Å².